The van der Waals surface area contributed by atoms with E-state index in [-0.39, 0.29) is 36.3 Å². The van der Waals surface area contributed by atoms with Gasteiger partial charge in [-0.25, -0.2) is 9.50 Å². The molecule has 1 saturated heterocycles. The second kappa shape index (κ2) is 12.5. The van der Waals surface area contributed by atoms with Crippen LogP contribution >= 0.6 is 0 Å². The van der Waals surface area contributed by atoms with Gasteiger partial charge in [0.05, 0.1) is 17.1 Å². The Morgan fingerprint density at radius 3 is 2.71 bits per heavy atom. The minimum absolute atomic E-state index is 0.242. The predicted octanol–water partition coefficient (Wildman–Crippen LogP) is 3.40. The van der Waals surface area contributed by atoms with Gasteiger partial charge in [0, 0.05) is 55.1 Å². The second-order valence-corrected chi connectivity index (χ2v) is 10.7. The van der Waals surface area contributed by atoms with Crippen molar-refractivity contribution in [2.75, 3.05) is 6.54 Å². The molecule has 6 rings (SSSR count). The number of carbonyl (C=O) groups excluding carboxylic acids is 3. The van der Waals surface area contributed by atoms with Crippen LogP contribution in [0.1, 0.15) is 59.5 Å². The number of aromatic nitrogens is 4. The summed E-state index contributed by atoms with van der Waals surface area (Å²) < 4.78 is 8.16. The molecule has 0 aliphatic carbocycles. The molecular formula is C34H30N6O5. The van der Waals surface area contributed by atoms with E-state index in [0.29, 0.717) is 57.5 Å². The van der Waals surface area contributed by atoms with Crippen molar-refractivity contribution in [2.24, 2.45) is 0 Å². The first-order valence-corrected chi connectivity index (χ1v) is 14.6. The summed E-state index contributed by atoms with van der Waals surface area (Å²) in [6.45, 7) is 3.87. The maximum Gasteiger partial charge on any atom is 0.306 e. The minimum Gasteiger partial charge on any atom is -0.452 e. The number of amides is 2. The topological polar surface area (TPSA) is 137 Å². The van der Waals surface area contributed by atoms with Crippen molar-refractivity contribution in [1.29, 1.82) is 0 Å². The average molecular weight is 603 g/mol. The third-order valence-electron chi connectivity index (χ3n) is 7.63. The van der Waals surface area contributed by atoms with E-state index in [0.717, 1.165) is 0 Å². The van der Waals surface area contributed by atoms with Gasteiger partial charge in [-0.15, -0.1) is 0 Å². The number of fused-ring (bicyclic) bond motifs is 2. The molecule has 0 spiro atoms. The Labute approximate surface area is 258 Å². The molecule has 1 aliphatic rings. The first-order chi connectivity index (χ1) is 21.8. The molecule has 0 unspecified atom stereocenters. The van der Waals surface area contributed by atoms with E-state index in [2.05, 4.69) is 32.6 Å². The molecule has 1 aliphatic heterocycles. The van der Waals surface area contributed by atoms with Crippen molar-refractivity contribution in [1.82, 2.24) is 29.8 Å². The van der Waals surface area contributed by atoms with Crippen LogP contribution in [-0.2, 0) is 14.3 Å². The molecule has 0 radical (unpaired) electrons. The van der Waals surface area contributed by atoms with Gasteiger partial charge in [-0.2, -0.15) is 5.10 Å². The van der Waals surface area contributed by atoms with E-state index >= 15 is 0 Å². The number of nitrogens with zero attached hydrogens (tertiary/aromatic N) is 4. The summed E-state index contributed by atoms with van der Waals surface area (Å²) in [4.78, 5) is 55.6. The van der Waals surface area contributed by atoms with Crippen LogP contribution in [0, 0.1) is 18.8 Å². The standard InChI is InChI=1S/C34H30N6O5/c1-21(37-33(43)29-22(2)38-39-19-9-18-35-31(29)39)26-20-24-12-8-11-23(30(24)34(44)40(26)25-13-4-3-5-14-25)10-6-7-17-36-32(42)27-15-16-28(41)45-27/h3-5,8-9,11-14,18-21,27H,7,15-17H2,1-2H3,(H,36,42)(H,37,43)/t21-,27+/m0/s1. The Balaban J connectivity index is 1.31. The van der Waals surface area contributed by atoms with Gasteiger partial charge in [-0.3, -0.25) is 23.7 Å². The van der Waals surface area contributed by atoms with Crippen molar-refractivity contribution in [2.45, 2.75) is 45.3 Å². The Bertz CT molecular complexity index is 2070. The van der Waals surface area contributed by atoms with Gasteiger partial charge in [0.15, 0.2) is 11.8 Å². The van der Waals surface area contributed by atoms with Crippen LogP contribution in [0.2, 0.25) is 0 Å². The molecule has 2 aromatic carbocycles. The fourth-order valence-corrected chi connectivity index (χ4v) is 5.48. The van der Waals surface area contributed by atoms with Crippen molar-refractivity contribution < 1.29 is 19.1 Å². The van der Waals surface area contributed by atoms with Crippen molar-refractivity contribution >= 4 is 34.2 Å². The number of esters is 1. The SMILES string of the molecule is Cc1nn2cccnc2c1C(=O)N[C@@H](C)c1cc2cccc(C#CCCNC(=O)[C@H]3CCC(=O)O3)c2c(=O)n1-c1ccccc1. The lowest BCUT2D eigenvalue weighted by Gasteiger charge is -2.21. The van der Waals surface area contributed by atoms with Crippen LogP contribution in [0.15, 0.2) is 77.9 Å². The largest absolute Gasteiger partial charge is 0.452 e. The molecule has 3 aromatic heterocycles. The van der Waals surface area contributed by atoms with E-state index in [1.807, 2.05) is 55.5 Å². The molecule has 1 fully saturated rings. The van der Waals surface area contributed by atoms with Gasteiger partial charge in [0.1, 0.15) is 5.56 Å². The zero-order chi connectivity index (χ0) is 31.5. The highest BCUT2D eigenvalue weighted by atomic mass is 16.6. The molecule has 4 heterocycles. The first-order valence-electron chi connectivity index (χ1n) is 14.6. The monoisotopic (exact) mass is 602 g/mol. The third kappa shape index (κ3) is 5.90. The van der Waals surface area contributed by atoms with Gasteiger partial charge in [-0.05, 0) is 49.6 Å². The first kappa shape index (κ1) is 29.3. The summed E-state index contributed by atoms with van der Waals surface area (Å²) in [5, 5.41) is 11.3. The Kier molecular flexibility index (Phi) is 8.12. The molecular weight excluding hydrogens is 572 g/mol. The lowest BCUT2D eigenvalue weighted by Crippen LogP contribution is -2.34. The molecule has 2 amide bonds. The highest BCUT2D eigenvalue weighted by Gasteiger charge is 2.29. The number of carbonyl (C=O) groups is 3. The zero-order valence-corrected chi connectivity index (χ0v) is 24.7. The van der Waals surface area contributed by atoms with Crippen LogP contribution in [0.5, 0.6) is 0 Å². The number of rotatable bonds is 7. The van der Waals surface area contributed by atoms with Gasteiger partial charge >= 0.3 is 5.97 Å². The summed E-state index contributed by atoms with van der Waals surface area (Å²) in [6.07, 6.45) is 3.55. The average Bonchev–Trinajstić information content (AvgIpc) is 3.63. The minimum atomic E-state index is -0.748. The van der Waals surface area contributed by atoms with Crippen LogP contribution < -0.4 is 16.2 Å². The number of aryl methyl sites for hydroxylation is 1. The predicted molar refractivity (Wildman–Crippen MR) is 167 cm³/mol. The van der Waals surface area contributed by atoms with Gasteiger partial charge in [-0.1, -0.05) is 42.2 Å². The Morgan fingerprint density at radius 1 is 1.11 bits per heavy atom. The summed E-state index contributed by atoms with van der Waals surface area (Å²) in [7, 11) is 0. The van der Waals surface area contributed by atoms with E-state index in [1.54, 1.807) is 40.5 Å². The fraction of sp³-hybridized carbons (Fsp3) is 0.235. The summed E-state index contributed by atoms with van der Waals surface area (Å²) in [6, 6.07) is 17.8. The van der Waals surface area contributed by atoms with E-state index in [1.165, 1.54) is 0 Å². The number of hydrogen-bond donors (Lipinski definition) is 2. The summed E-state index contributed by atoms with van der Waals surface area (Å²) in [5.41, 5.74) is 2.88. The van der Waals surface area contributed by atoms with Crippen molar-refractivity contribution in [3.05, 3.63) is 106 Å². The van der Waals surface area contributed by atoms with E-state index in [9.17, 15) is 19.2 Å². The lowest BCUT2D eigenvalue weighted by atomic mass is 10.0. The smallest absolute Gasteiger partial charge is 0.306 e. The van der Waals surface area contributed by atoms with Crippen molar-refractivity contribution in [3.8, 4) is 17.5 Å². The number of ether oxygens (including phenoxy) is 1. The number of hydrogen-bond acceptors (Lipinski definition) is 7. The summed E-state index contributed by atoms with van der Waals surface area (Å²) >= 11 is 0. The van der Waals surface area contributed by atoms with Crippen LogP contribution in [0.25, 0.3) is 22.1 Å². The van der Waals surface area contributed by atoms with E-state index < -0.39 is 12.1 Å². The van der Waals surface area contributed by atoms with Gasteiger partial charge < -0.3 is 15.4 Å². The van der Waals surface area contributed by atoms with Gasteiger partial charge in [0.25, 0.3) is 17.4 Å². The molecule has 2 N–H and O–H groups in total. The number of benzene rings is 2. The number of pyridine rings is 1. The normalized spacial score (nSPS) is 14.9. The number of nitrogens with one attached hydrogen (secondary N) is 2. The number of para-hydroxylation sites is 1. The highest BCUT2D eigenvalue weighted by Crippen LogP contribution is 2.24. The lowest BCUT2D eigenvalue weighted by molar-refractivity contribution is -0.148. The summed E-state index contributed by atoms with van der Waals surface area (Å²) in [5.74, 6) is 5.09. The molecule has 2 atom stereocenters. The molecule has 5 aromatic rings. The second-order valence-electron chi connectivity index (χ2n) is 10.7. The van der Waals surface area contributed by atoms with E-state index in [4.69, 9.17) is 4.74 Å². The van der Waals surface area contributed by atoms with Gasteiger partial charge in [0.2, 0.25) is 0 Å². The molecule has 45 heavy (non-hydrogen) atoms. The van der Waals surface area contributed by atoms with Crippen molar-refractivity contribution in [3.63, 3.8) is 0 Å². The Hall–Kier alpha value is -5.76. The molecule has 0 bridgehead atoms. The molecule has 11 nitrogen and oxygen atoms in total. The highest BCUT2D eigenvalue weighted by molar-refractivity contribution is 6.01. The quantitative estimate of drug-likeness (QED) is 0.166. The molecule has 0 saturated carbocycles. The Morgan fingerprint density at radius 2 is 1.93 bits per heavy atom. The molecule has 11 heteroatoms. The maximum absolute atomic E-state index is 14.2. The zero-order valence-electron chi connectivity index (χ0n) is 24.7. The molecule has 226 valence electrons. The number of cyclic esters (lactones) is 1. The fourth-order valence-electron chi connectivity index (χ4n) is 5.48. The third-order valence-corrected chi connectivity index (χ3v) is 7.63. The van der Waals surface area contributed by atoms with Crippen LogP contribution in [0.3, 0.4) is 0 Å². The van der Waals surface area contributed by atoms with Crippen LogP contribution in [0.4, 0.5) is 0 Å². The van der Waals surface area contributed by atoms with Crippen LogP contribution in [-0.4, -0.2) is 49.6 Å². The maximum atomic E-state index is 14.2.